The van der Waals surface area contributed by atoms with E-state index in [1.807, 2.05) is 0 Å². The summed E-state index contributed by atoms with van der Waals surface area (Å²) < 4.78 is 51.1. The molecule has 0 aliphatic heterocycles. The van der Waals surface area contributed by atoms with Crippen LogP contribution in [0.4, 0.5) is 10.1 Å². The molecule has 0 radical (unpaired) electrons. The minimum atomic E-state index is -3.98. The van der Waals surface area contributed by atoms with E-state index in [9.17, 15) is 22.4 Å². The SMILES string of the molecule is COC(=O)CC(NC(=O)c1cccc(S(=O)(=O)Nc2ccc(OC)cc2)c1)c1ccc(F)cc1. The molecule has 0 fully saturated rings. The summed E-state index contributed by atoms with van der Waals surface area (Å²) in [5, 5.41) is 2.68. The number of rotatable bonds is 9. The van der Waals surface area contributed by atoms with Crippen molar-refractivity contribution in [2.75, 3.05) is 18.9 Å². The number of benzene rings is 3. The summed E-state index contributed by atoms with van der Waals surface area (Å²) >= 11 is 0. The zero-order chi connectivity index (χ0) is 24.7. The van der Waals surface area contributed by atoms with Gasteiger partial charge in [0.2, 0.25) is 0 Å². The van der Waals surface area contributed by atoms with Gasteiger partial charge in [0.1, 0.15) is 11.6 Å². The van der Waals surface area contributed by atoms with Crippen molar-refractivity contribution in [1.29, 1.82) is 0 Å². The molecule has 0 saturated carbocycles. The fourth-order valence-corrected chi connectivity index (χ4v) is 4.22. The lowest BCUT2D eigenvalue weighted by molar-refractivity contribution is -0.141. The molecule has 1 atom stereocenters. The first-order chi connectivity index (χ1) is 16.2. The van der Waals surface area contributed by atoms with Crippen molar-refractivity contribution in [3.05, 3.63) is 89.7 Å². The molecular formula is C24H23FN2O6S. The van der Waals surface area contributed by atoms with Gasteiger partial charge < -0.3 is 14.8 Å². The van der Waals surface area contributed by atoms with Gasteiger partial charge in [-0.05, 0) is 60.2 Å². The number of methoxy groups -OCH3 is 2. The van der Waals surface area contributed by atoms with Gasteiger partial charge in [0.15, 0.2) is 0 Å². The van der Waals surface area contributed by atoms with Crippen molar-refractivity contribution >= 4 is 27.6 Å². The predicted octanol–water partition coefficient (Wildman–Crippen LogP) is 3.67. The van der Waals surface area contributed by atoms with E-state index >= 15 is 0 Å². The lowest BCUT2D eigenvalue weighted by atomic mass is 10.0. The molecule has 0 aliphatic carbocycles. The van der Waals surface area contributed by atoms with E-state index in [1.54, 1.807) is 24.3 Å². The molecule has 3 aromatic rings. The van der Waals surface area contributed by atoms with Crippen LogP contribution in [0.3, 0.4) is 0 Å². The Morgan fingerprint density at radius 3 is 2.26 bits per heavy atom. The number of carbonyl (C=O) groups is 2. The topological polar surface area (TPSA) is 111 Å². The van der Waals surface area contributed by atoms with Gasteiger partial charge in [0.25, 0.3) is 15.9 Å². The maximum absolute atomic E-state index is 13.3. The Hall–Kier alpha value is -3.92. The van der Waals surface area contributed by atoms with Gasteiger partial charge in [0.05, 0.1) is 31.6 Å². The van der Waals surface area contributed by atoms with Crippen molar-refractivity contribution in [2.24, 2.45) is 0 Å². The minimum Gasteiger partial charge on any atom is -0.497 e. The van der Waals surface area contributed by atoms with Gasteiger partial charge in [-0.3, -0.25) is 14.3 Å². The highest BCUT2D eigenvalue weighted by atomic mass is 32.2. The minimum absolute atomic E-state index is 0.0644. The van der Waals surface area contributed by atoms with Crippen molar-refractivity contribution < 1.29 is 31.9 Å². The summed E-state index contributed by atoms with van der Waals surface area (Å²) in [6, 6.07) is 16.3. The highest BCUT2D eigenvalue weighted by Crippen LogP contribution is 2.22. The lowest BCUT2D eigenvalue weighted by Crippen LogP contribution is -2.30. The second-order valence-electron chi connectivity index (χ2n) is 7.22. The van der Waals surface area contributed by atoms with Gasteiger partial charge >= 0.3 is 5.97 Å². The van der Waals surface area contributed by atoms with E-state index in [-0.39, 0.29) is 16.9 Å². The van der Waals surface area contributed by atoms with Crippen molar-refractivity contribution in [3.63, 3.8) is 0 Å². The first-order valence-corrected chi connectivity index (χ1v) is 11.6. The van der Waals surface area contributed by atoms with E-state index in [0.29, 0.717) is 17.0 Å². The Morgan fingerprint density at radius 2 is 1.65 bits per heavy atom. The van der Waals surface area contributed by atoms with E-state index in [2.05, 4.69) is 14.8 Å². The fourth-order valence-electron chi connectivity index (χ4n) is 3.12. The van der Waals surface area contributed by atoms with Crippen LogP contribution >= 0.6 is 0 Å². The molecule has 1 unspecified atom stereocenters. The molecular weight excluding hydrogens is 463 g/mol. The van der Waals surface area contributed by atoms with Gasteiger partial charge in [-0.25, -0.2) is 12.8 Å². The van der Waals surface area contributed by atoms with Gasteiger partial charge in [-0.2, -0.15) is 0 Å². The van der Waals surface area contributed by atoms with Crippen molar-refractivity contribution in [3.8, 4) is 5.75 Å². The number of anilines is 1. The molecule has 0 bridgehead atoms. The van der Waals surface area contributed by atoms with E-state index < -0.39 is 33.8 Å². The number of ether oxygens (including phenoxy) is 2. The number of sulfonamides is 1. The summed E-state index contributed by atoms with van der Waals surface area (Å²) in [6.45, 7) is 0. The molecule has 178 valence electrons. The Bertz CT molecular complexity index is 1260. The number of amides is 1. The van der Waals surface area contributed by atoms with Crippen LogP contribution in [0.1, 0.15) is 28.4 Å². The number of carbonyl (C=O) groups excluding carboxylic acids is 2. The molecule has 10 heteroatoms. The number of hydrogen-bond acceptors (Lipinski definition) is 6. The first kappa shape index (κ1) is 24.7. The van der Waals surface area contributed by atoms with Crippen LogP contribution in [0.2, 0.25) is 0 Å². The Kier molecular flexibility index (Phi) is 7.85. The Balaban J connectivity index is 1.81. The number of nitrogens with one attached hydrogen (secondary N) is 2. The molecule has 2 N–H and O–H groups in total. The Morgan fingerprint density at radius 1 is 0.971 bits per heavy atom. The number of hydrogen-bond donors (Lipinski definition) is 2. The molecule has 0 aliphatic rings. The van der Waals surface area contributed by atoms with Crippen LogP contribution < -0.4 is 14.8 Å². The molecule has 1 amide bonds. The molecule has 0 spiro atoms. The first-order valence-electron chi connectivity index (χ1n) is 10.1. The summed E-state index contributed by atoms with van der Waals surface area (Å²) in [4.78, 5) is 24.6. The molecule has 0 aromatic heterocycles. The summed E-state index contributed by atoms with van der Waals surface area (Å²) in [5.74, 6) is -1.08. The van der Waals surface area contributed by atoms with Gasteiger partial charge in [-0.1, -0.05) is 18.2 Å². The van der Waals surface area contributed by atoms with E-state index in [4.69, 9.17) is 4.74 Å². The van der Waals surface area contributed by atoms with Crippen molar-refractivity contribution in [1.82, 2.24) is 5.32 Å². The van der Waals surface area contributed by atoms with Crippen LogP contribution in [-0.4, -0.2) is 34.5 Å². The highest BCUT2D eigenvalue weighted by Gasteiger charge is 2.22. The summed E-state index contributed by atoms with van der Waals surface area (Å²) in [6.07, 6.45) is -0.190. The maximum Gasteiger partial charge on any atom is 0.307 e. The van der Waals surface area contributed by atoms with Crippen LogP contribution in [0.25, 0.3) is 0 Å². The quantitative estimate of drug-likeness (QED) is 0.447. The van der Waals surface area contributed by atoms with Crippen LogP contribution in [-0.2, 0) is 19.6 Å². The van der Waals surface area contributed by atoms with Gasteiger partial charge in [0, 0.05) is 11.3 Å². The molecule has 34 heavy (non-hydrogen) atoms. The van der Waals surface area contributed by atoms with Crippen molar-refractivity contribution in [2.45, 2.75) is 17.4 Å². The van der Waals surface area contributed by atoms with Gasteiger partial charge in [-0.15, -0.1) is 0 Å². The third-order valence-electron chi connectivity index (χ3n) is 4.92. The monoisotopic (exact) mass is 486 g/mol. The number of esters is 1. The molecule has 3 aromatic carbocycles. The normalized spacial score (nSPS) is 11.9. The molecule has 3 rings (SSSR count). The molecule has 0 saturated heterocycles. The average molecular weight is 487 g/mol. The summed E-state index contributed by atoms with van der Waals surface area (Å²) in [7, 11) is -1.26. The van der Waals surface area contributed by atoms with Crippen LogP contribution in [0.5, 0.6) is 5.75 Å². The second-order valence-corrected chi connectivity index (χ2v) is 8.90. The average Bonchev–Trinajstić information content (AvgIpc) is 2.84. The van der Waals surface area contributed by atoms with E-state index in [1.165, 1.54) is 62.8 Å². The largest absolute Gasteiger partial charge is 0.497 e. The third-order valence-corrected chi connectivity index (χ3v) is 6.30. The van der Waals surface area contributed by atoms with Crippen LogP contribution in [0.15, 0.2) is 77.7 Å². The van der Waals surface area contributed by atoms with Crippen LogP contribution in [0, 0.1) is 5.82 Å². The third kappa shape index (κ3) is 6.32. The summed E-state index contributed by atoms with van der Waals surface area (Å²) in [5.41, 5.74) is 0.879. The Labute approximate surface area is 196 Å². The fraction of sp³-hybridized carbons (Fsp3) is 0.167. The molecule has 0 heterocycles. The second kappa shape index (κ2) is 10.8. The smallest absolute Gasteiger partial charge is 0.307 e. The zero-order valence-electron chi connectivity index (χ0n) is 18.4. The predicted molar refractivity (Wildman–Crippen MR) is 123 cm³/mol. The standard InChI is InChI=1S/C24H23FN2O6S/c1-32-20-12-10-19(11-13-20)27-34(30,31)21-5-3-4-17(14-21)24(29)26-22(15-23(28)33-2)16-6-8-18(25)9-7-16/h3-14,22,27H,15H2,1-2H3,(H,26,29). The maximum atomic E-state index is 13.3. The zero-order valence-corrected chi connectivity index (χ0v) is 19.3. The number of halogens is 1. The molecule has 8 nitrogen and oxygen atoms in total. The lowest BCUT2D eigenvalue weighted by Gasteiger charge is -2.18. The van der Waals surface area contributed by atoms with E-state index in [0.717, 1.165) is 0 Å². The highest BCUT2D eigenvalue weighted by molar-refractivity contribution is 7.92.